The van der Waals surface area contributed by atoms with Gasteiger partial charge in [-0.15, -0.1) is 0 Å². The number of benzene rings is 1. The van der Waals surface area contributed by atoms with Gasteiger partial charge in [-0.05, 0) is 31.0 Å². The minimum absolute atomic E-state index is 0.0459. The van der Waals surface area contributed by atoms with Gasteiger partial charge in [0.2, 0.25) is 5.91 Å². The molecule has 1 heterocycles. The molecule has 1 amide bonds. The molecular weight excluding hydrogens is 361 g/mol. The molecule has 156 valence electrons. The van der Waals surface area contributed by atoms with E-state index >= 15 is 0 Å². The number of rotatable bonds is 8. The van der Waals surface area contributed by atoms with E-state index in [4.69, 9.17) is 4.74 Å². The minimum atomic E-state index is -0.390. The van der Waals surface area contributed by atoms with E-state index in [0.29, 0.717) is 30.2 Å². The van der Waals surface area contributed by atoms with Gasteiger partial charge in [0.15, 0.2) is 5.96 Å². The van der Waals surface area contributed by atoms with Crippen LogP contribution in [0.4, 0.5) is 10.1 Å². The molecule has 0 radical (unpaired) electrons. The average Bonchev–Trinajstić information content (AvgIpc) is 2.67. The summed E-state index contributed by atoms with van der Waals surface area (Å²) < 4.78 is 18.7. The third-order valence-corrected chi connectivity index (χ3v) is 4.60. The summed E-state index contributed by atoms with van der Waals surface area (Å²) in [6.45, 7) is 11.1. The Morgan fingerprint density at radius 1 is 1.29 bits per heavy atom. The number of morpholine rings is 1. The Morgan fingerprint density at radius 3 is 2.68 bits per heavy atom. The molecule has 1 atom stereocenters. The number of nitrogens with zero attached hydrogens (tertiary/aromatic N) is 2. The second-order valence-corrected chi connectivity index (χ2v) is 7.09. The van der Waals surface area contributed by atoms with Gasteiger partial charge in [-0.2, -0.15) is 0 Å². The van der Waals surface area contributed by atoms with Crippen molar-refractivity contribution in [3.63, 3.8) is 0 Å². The molecule has 0 spiro atoms. The number of carbonyl (C=O) groups excluding carboxylic acids is 1. The lowest BCUT2D eigenvalue weighted by Gasteiger charge is -2.37. The SMILES string of the molecule is CCNC(=NCC(=O)Nc1cccc(F)c1)NCC(C(C)C)N1CCOCC1. The molecule has 1 saturated heterocycles. The first-order valence-electron chi connectivity index (χ1n) is 9.89. The van der Waals surface area contributed by atoms with E-state index in [1.165, 1.54) is 12.1 Å². The van der Waals surface area contributed by atoms with Crippen molar-refractivity contribution < 1.29 is 13.9 Å². The largest absolute Gasteiger partial charge is 0.379 e. The maximum atomic E-state index is 13.2. The van der Waals surface area contributed by atoms with Crippen LogP contribution in [0.1, 0.15) is 20.8 Å². The van der Waals surface area contributed by atoms with Crippen molar-refractivity contribution in [3.05, 3.63) is 30.1 Å². The van der Waals surface area contributed by atoms with Gasteiger partial charge >= 0.3 is 0 Å². The Bertz CT molecular complexity index is 647. The van der Waals surface area contributed by atoms with Gasteiger partial charge in [0.05, 0.1) is 13.2 Å². The summed E-state index contributed by atoms with van der Waals surface area (Å²) >= 11 is 0. The first-order chi connectivity index (χ1) is 13.5. The summed E-state index contributed by atoms with van der Waals surface area (Å²) in [6, 6.07) is 6.16. The van der Waals surface area contributed by atoms with Crippen LogP contribution in [0.2, 0.25) is 0 Å². The van der Waals surface area contributed by atoms with E-state index in [1.54, 1.807) is 12.1 Å². The van der Waals surface area contributed by atoms with Crippen LogP contribution in [-0.4, -0.2) is 68.7 Å². The minimum Gasteiger partial charge on any atom is -0.379 e. The van der Waals surface area contributed by atoms with Crippen LogP contribution in [0, 0.1) is 11.7 Å². The number of halogens is 1. The lowest BCUT2D eigenvalue weighted by Crippen LogP contribution is -2.52. The number of hydrogen-bond acceptors (Lipinski definition) is 4. The first-order valence-corrected chi connectivity index (χ1v) is 9.89. The van der Waals surface area contributed by atoms with Crippen molar-refractivity contribution in [3.8, 4) is 0 Å². The van der Waals surface area contributed by atoms with Crippen LogP contribution in [-0.2, 0) is 9.53 Å². The molecule has 7 nitrogen and oxygen atoms in total. The molecule has 1 aliphatic rings. The monoisotopic (exact) mass is 393 g/mol. The van der Waals surface area contributed by atoms with E-state index in [9.17, 15) is 9.18 Å². The zero-order valence-electron chi connectivity index (χ0n) is 17.0. The molecule has 8 heteroatoms. The molecule has 1 aromatic rings. The Kier molecular flexibility index (Phi) is 9.16. The van der Waals surface area contributed by atoms with E-state index in [2.05, 4.69) is 39.7 Å². The summed E-state index contributed by atoms with van der Waals surface area (Å²) in [5, 5.41) is 9.16. The van der Waals surface area contributed by atoms with Crippen molar-refractivity contribution >= 4 is 17.6 Å². The Hall–Kier alpha value is -2.19. The molecule has 0 bridgehead atoms. The van der Waals surface area contributed by atoms with Gasteiger partial charge in [0, 0.05) is 37.9 Å². The van der Waals surface area contributed by atoms with Crippen LogP contribution in [0.25, 0.3) is 0 Å². The quantitative estimate of drug-likeness (QED) is 0.463. The van der Waals surface area contributed by atoms with Crippen molar-refractivity contribution in [1.29, 1.82) is 0 Å². The van der Waals surface area contributed by atoms with Crippen LogP contribution in [0.15, 0.2) is 29.3 Å². The molecule has 1 unspecified atom stereocenters. The number of guanidine groups is 1. The second kappa shape index (κ2) is 11.6. The van der Waals surface area contributed by atoms with Crippen molar-refractivity contribution in [2.75, 3.05) is 51.3 Å². The van der Waals surface area contributed by atoms with Crippen LogP contribution in [0.3, 0.4) is 0 Å². The van der Waals surface area contributed by atoms with Gasteiger partial charge in [0.1, 0.15) is 12.4 Å². The summed E-state index contributed by atoms with van der Waals surface area (Å²) in [6.07, 6.45) is 0. The fourth-order valence-corrected chi connectivity index (χ4v) is 3.16. The molecule has 2 rings (SSSR count). The molecule has 0 aliphatic carbocycles. The number of anilines is 1. The van der Waals surface area contributed by atoms with Gasteiger partial charge in [0.25, 0.3) is 0 Å². The third-order valence-electron chi connectivity index (χ3n) is 4.60. The fourth-order valence-electron chi connectivity index (χ4n) is 3.16. The lowest BCUT2D eigenvalue weighted by atomic mass is 10.0. The number of amides is 1. The zero-order chi connectivity index (χ0) is 20.4. The summed E-state index contributed by atoms with van der Waals surface area (Å²) in [5.41, 5.74) is 0.422. The highest BCUT2D eigenvalue weighted by Gasteiger charge is 2.23. The van der Waals surface area contributed by atoms with Gasteiger partial charge in [-0.1, -0.05) is 19.9 Å². The summed E-state index contributed by atoms with van der Waals surface area (Å²) in [4.78, 5) is 18.9. The first kappa shape index (κ1) is 22.1. The van der Waals surface area contributed by atoms with E-state index in [1.807, 2.05) is 6.92 Å². The maximum Gasteiger partial charge on any atom is 0.246 e. The van der Waals surface area contributed by atoms with Crippen molar-refractivity contribution in [2.24, 2.45) is 10.9 Å². The van der Waals surface area contributed by atoms with E-state index in [-0.39, 0.29) is 18.3 Å². The fraction of sp³-hybridized carbons (Fsp3) is 0.600. The lowest BCUT2D eigenvalue weighted by molar-refractivity contribution is -0.114. The van der Waals surface area contributed by atoms with Gasteiger partial charge in [-0.25, -0.2) is 9.38 Å². The topological polar surface area (TPSA) is 78.0 Å². The predicted octanol–water partition coefficient (Wildman–Crippen LogP) is 1.68. The number of aliphatic imine (C=N–C) groups is 1. The molecule has 0 aromatic heterocycles. The Balaban J connectivity index is 1.90. The normalized spacial score (nSPS) is 16.7. The number of ether oxygens (including phenoxy) is 1. The van der Waals surface area contributed by atoms with Crippen LogP contribution in [0.5, 0.6) is 0 Å². The maximum absolute atomic E-state index is 13.2. The highest BCUT2D eigenvalue weighted by atomic mass is 19.1. The molecule has 1 aromatic carbocycles. The standard InChI is InChI=1S/C20H32FN5O2/c1-4-22-20(23-13-18(15(2)3)26-8-10-28-11-9-26)24-14-19(27)25-17-7-5-6-16(21)12-17/h5-7,12,15,18H,4,8-11,13-14H2,1-3H3,(H,25,27)(H2,22,23,24). The van der Waals surface area contributed by atoms with E-state index in [0.717, 1.165) is 32.8 Å². The van der Waals surface area contributed by atoms with Gasteiger partial charge in [-0.3, -0.25) is 9.69 Å². The number of hydrogen-bond donors (Lipinski definition) is 3. The molecular formula is C20H32FN5O2. The van der Waals surface area contributed by atoms with Crippen molar-refractivity contribution in [2.45, 2.75) is 26.8 Å². The molecule has 0 saturated carbocycles. The highest BCUT2D eigenvalue weighted by molar-refractivity contribution is 5.94. The van der Waals surface area contributed by atoms with Crippen LogP contribution < -0.4 is 16.0 Å². The molecule has 3 N–H and O–H groups in total. The third kappa shape index (κ3) is 7.44. The second-order valence-electron chi connectivity index (χ2n) is 7.09. The predicted molar refractivity (Wildman–Crippen MR) is 110 cm³/mol. The number of nitrogens with one attached hydrogen (secondary N) is 3. The number of carbonyl (C=O) groups is 1. The Morgan fingerprint density at radius 2 is 2.04 bits per heavy atom. The van der Waals surface area contributed by atoms with Gasteiger partial charge < -0.3 is 20.7 Å². The van der Waals surface area contributed by atoms with Crippen LogP contribution >= 0.6 is 0 Å². The molecule has 28 heavy (non-hydrogen) atoms. The zero-order valence-corrected chi connectivity index (χ0v) is 17.0. The molecule has 1 aliphatic heterocycles. The average molecular weight is 394 g/mol. The summed E-state index contributed by atoms with van der Waals surface area (Å²) in [5.74, 6) is 0.385. The Labute approximate surface area is 166 Å². The summed E-state index contributed by atoms with van der Waals surface area (Å²) in [7, 11) is 0. The molecule has 1 fully saturated rings. The van der Waals surface area contributed by atoms with Crippen molar-refractivity contribution in [1.82, 2.24) is 15.5 Å². The van der Waals surface area contributed by atoms with E-state index < -0.39 is 0 Å². The highest BCUT2D eigenvalue weighted by Crippen LogP contribution is 2.12. The smallest absolute Gasteiger partial charge is 0.246 e.